The van der Waals surface area contributed by atoms with E-state index in [0.29, 0.717) is 19.6 Å². The molecule has 2 saturated heterocycles. The van der Waals surface area contributed by atoms with Gasteiger partial charge in [0.05, 0.1) is 6.04 Å². The van der Waals surface area contributed by atoms with Gasteiger partial charge in [0.1, 0.15) is 5.82 Å². The monoisotopic (exact) mass is 292 g/mol. The van der Waals surface area contributed by atoms with Gasteiger partial charge in [0, 0.05) is 38.4 Å². The minimum Gasteiger partial charge on any atom is -0.367 e. The normalized spacial score (nSPS) is 21.4. The van der Waals surface area contributed by atoms with E-state index >= 15 is 0 Å². The van der Waals surface area contributed by atoms with Gasteiger partial charge in [-0.05, 0) is 30.3 Å². The SMILES string of the molecule is CCNCc1cc(F)ccc1N1CCN2C(=O)NCC2C1. The summed E-state index contributed by atoms with van der Waals surface area (Å²) < 4.78 is 13.5. The number of halogens is 1. The van der Waals surface area contributed by atoms with Gasteiger partial charge in [-0.1, -0.05) is 6.92 Å². The summed E-state index contributed by atoms with van der Waals surface area (Å²) in [5, 5.41) is 6.13. The second-order valence-corrected chi connectivity index (χ2v) is 5.53. The Bertz CT molecular complexity index is 536. The highest BCUT2D eigenvalue weighted by Crippen LogP contribution is 2.25. The molecule has 2 heterocycles. The zero-order chi connectivity index (χ0) is 14.8. The van der Waals surface area contributed by atoms with Gasteiger partial charge < -0.3 is 20.4 Å². The molecule has 2 amide bonds. The molecular formula is C15H21FN4O. The van der Waals surface area contributed by atoms with Crippen molar-refractivity contribution in [3.63, 3.8) is 0 Å². The Morgan fingerprint density at radius 1 is 1.43 bits per heavy atom. The van der Waals surface area contributed by atoms with Crippen LogP contribution in [0.15, 0.2) is 18.2 Å². The summed E-state index contributed by atoms with van der Waals surface area (Å²) in [4.78, 5) is 15.8. The fourth-order valence-corrected chi connectivity index (χ4v) is 3.09. The lowest BCUT2D eigenvalue weighted by atomic mass is 10.1. The van der Waals surface area contributed by atoms with Crippen LogP contribution in [-0.4, -0.2) is 49.7 Å². The first-order chi connectivity index (χ1) is 10.2. The Labute approximate surface area is 124 Å². The molecule has 0 spiro atoms. The van der Waals surface area contributed by atoms with Gasteiger partial charge in [0.2, 0.25) is 0 Å². The van der Waals surface area contributed by atoms with Gasteiger partial charge >= 0.3 is 6.03 Å². The van der Waals surface area contributed by atoms with Crippen molar-refractivity contribution in [2.75, 3.05) is 37.6 Å². The minimum absolute atomic E-state index is 0.0339. The number of hydrogen-bond acceptors (Lipinski definition) is 3. The molecule has 1 unspecified atom stereocenters. The number of carbonyl (C=O) groups is 1. The standard InChI is InChI=1S/C15H21FN4O/c1-2-17-8-11-7-12(16)3-4-14(11)19-5-6-20-13(10-19)9-18-15(20)21/h3-4,7,13,17H,2,5-6,8-10H2,1H3,(H,18,21). The van der Waals surface area contributed by atoms with Crippen LogP contribution in [0.4, 0.5) is 14.9 Å². The molecule has 3 rings (SSSR count). The van der Waals surface area contributed by atoms with Gasteiger partial charge in [0.15, 0.2) is 0 Å². The van der Waals surface area contributed by atoms with Crippen molar-refractivity contribution in [2.45, 2.75) is 19.5 Å². The Kier molecular flexibility index (Phi) is 3.96. The molecule has 1 aromatic rings. The fraction of sp³-hybridized carbons (Fsp3) is 0.533. The van der Waals surface area contributed by atoms with Crippen LogP contribution >= 0.6 is 0 Å². The average molecular weight is 292 g/mol. The zero-order valence-electron chi connectivity index (χ0n) is 12.2. The summed E-state index contributed by atoms with van der Waals surface area (Å²) in [7, 11) is 0. The van der Waals surface area contributed by atoms with Crippen molar-refractivity contribution in [3.05, 3.63) is 29.6 Å². The van der Waals surface area contributed by atoms with Crippen molar-refractivity contribution >= 4 is 11.7 Å². The summed E-state index contributed by atoms with van der Waals surface area (Å²) in [6.07, 6.45) is 0. The highest BCUT2D eigenvalue weighted by Gasteiger charge is 2.35. The van der Waals surface area contributed by atoms with Crippen molar-refractivity contribution in [2.24, 2.45) is 0 Å². The molecule has 0 aromatic heterocycles. The van der Waals surface area contributed by atoms with E-state index in [-0.39, 0.29) is 17.9 Å². The molecule has 1 atom stereocenters. The van der Waals surface area contributed by atoms with E-state index in [1.54, 1.807) is 6.07 Å². The van der Waals surface area contributed by atoms with Crippen LogP contribution in [0.2, 0.25) is 0 Å². The average Bonchev–Trinajstić information content (AvgIpc) is 2.86. The Morgan fingerprint density at radius 2 is 2.29 bits per heavy atom. The number of urea groups is 1. The summed E-state index contributed by atoms with van der Waals surface area (Å²) in [5.41, 5.74) is 2.04. The fourth-order valence-electron chi connectivity index (χ4n) is 3.09. The van der Waals surface area contributed by atoms with Gasteiger partial charge in [-0.2, -0.15) is 0 Å². The molecular weight excluding hydrogens is 271 g/mol. The largest absolute Gasteiger partial charge is 0.367 e. The van der Waals surface area contributed by atoms with Crippen molar-refractivity contribution in [1.29, 1.82) is 0 Å². The molecule has 114 valence electrons. The van der Waals surface area contributed by atoms with Gasteiger partial charge in [-0.15, -0.1) is 0 Å². The zero-order valence-corrected chi connectivity index (χ0v) is 12.2. The number of rotatable bonds is 4. The molecule has 0 saturated carbocycles. The highest BCUT2D eigenvalue weighted by molar-refractivity contribution is 5.77. The summed E-state index contributed by atoms with van der Waals surface area (Å²) in [6, 6.07) is 5.20. The smallest absolute Gasteiger partial charge is 0.317 e. The Balaban J connectivity index is 1.79. The minimum atomic E-state index is -0.206. The predicted molar refractivity (Wildman–Crippen MR) is 79.9 cm³/mol. The lowest BCUT2D eigenvalue weighted by Gasteiger charge is -2.38. The molecule has 2 aliphatic rings. The number of hydrogen-bond donors (Lipinski definition) is 2. The number of benzene rings is 1. The molecule has 6 heteroatoms. The lowest BCUT2D eigenvalue weighted by molar-refractivity contribution is 0.197. The predicted octanol–water partition coefficient (Wildman–Crippen LogP) is 1.15. The van der Waals surface area contributed by atoms with Gasteiger partial charge in [-0.3, -0.25) is 0 Å². The van der Waals surface area contributed by atoms with Crippen molar-refractivity contribution in [1.82, 2.24) is 15.5 Å². The van der Waals surface area contributed by atoms with E-state index in [1.165, 1.54) is 6.07 Å². The second-order valence-electron chi connectivity index (χ2n) is 5.53. The van der Waals surface area contributed by atoms with Crippen LogP contribution in [0.1, 0.15) is 12.5 Å². The Morgan fingerprint density at radius 3 is 3.10 bits per heavy atom. The third-order valence-corrected chi connectivity index (χ3v) is 4.18. The molecule has 0 radical (unpaired) electrons. The van der Waals surface area contributed by atoms with Crippen LogP contribution in [0.25, 0.3) is 0 Å². The van der Waals surface area contributed by atoms with Crippen molar-refractivity contribution in [3.8, 4) is 0 Å². The van der Waals surface area contributed by atoms with Crippen molar-refractivity contribution < 1.29 is 9.18 Å². The summed E-state index contributed by atoms with van der Waals surface area (Å²) in [6.45, 7) is 6.54. The van der Waals surface area contributed by atoms with Crippen LogP contribution < -0.4 is 15.5 Å². The third-order valence-electron chi connectivity index (χ3n) is 4.18. The number of anilines is 1. The molecule has 0 bridgehead atoms. The van der Waals surface area contributed by atoms with E-state index < -0.39 is 0 Å². The quantitative estimate of drug-likeness (QED) is 0.875. The summed E-state index contributed by atoms with van der Waals surface area (Å²) >= 11 is 0. The van der Waals surface area contributed by atoms with Crippen LogP contribution in [0, 0.1) is 5.82 Å². The number of piperazine rings is 1. The van der Waals surface area contributed by atoms with E-state index in [1.807, 2.05) is 17.9 Å². The Hall–Kier alpha value is -1.82. The first kappa shape index (κ1) is 14.1. The van der Waals surface area contributed by atoms with E-state index in [4.69, 9.17) is 0 Å². The molecule has 1 aromatic carbocycles. The third kappa shape index (κ3) is 2.81. The number of nitrogens with zero attached hydrogens (tertiary/aromatic N) is 2. The van der Waals surface area contributed by atoms with Crippen LogP contribution in [0.5, 0.6) is 0 Å². The number of nitrogens with one attached hydrogen (secondary N) is 2. The molecule has 0 aliphatic carbocycles. The van der Waals surface area contributed by atoms with E-state index in [0.717, 1.165) is 30.9 Å². The van der Waals surface area contributed by atoms with E-state index in [2.05, 4.69) is 15.5 Å². The first-order valence-corrected chi connectivity index (χ1v) is 7.47. The molecule has 2 fully saturated rings. The highest BCUT2D eigenvalue weighted by atomic mass is 19.1. The van der Waals surface area contributed by atoms with Crippen LogP contribution in [-0.2, 0) is 6.54 Å². The maximum absolute atomic E-state index is 13.5. The van der Waals surface area contributed by atoms with E-state index in [9.17, 15) is 9.18 Å². The maximum atomic E-state index is 13.5. The molecule has 2 aliphatic heterocycles. The van der Waals surface area contributed by atoms with Crippen LogP contribution in [0.3, 0.4) is 0 Å². The molecule has 2 N–H and O–H groups in total. The maximum Gasteiger partial charge on any atom is 0.317 e. The summed E-state index contributed by atoms with van der Waals surface area (Å²) in [5.74, 6) is -0.206. The second kappa shape index (κ2) is 5.89. The lowest BCUT2D eigenvalue weighted by Crippen LogP contribution is -2.52. The number of carbonyl (C=O) groups excluding carboxylic acids is 1. The molecule has 5 nitrogen and oxygen atoms in total. The molecule has 21 heavy (non-hydrogen) atoms. The topological polar surface area (TPSA) is 47.6 Å². The number of fused-ring (bicyclic) bond motifs is 1. The van der Waals surface area contributed by atoms with Gasteiger partial charge in [0.25, 0.3) is 0 Å². The van der Waals surface area contributed by atoms with Gasteiger partial charge in [-0.25, -0.2) is 9.18 Å². The first-order valence-electron chi connectivity index (χ1n) is 7.47. The number of amides is 2.